The largest absolute Gasteiger partial charge is 0.0616 e. The van der Waals surface area contributed by atoms with Gasteiger partial charge in [-0.3, -0.25) is 0 Å². The van der Waals surface area contributed by atoms with Crippen molar-refractivity contribution < 1.29 is 0 Å². The van der Waals surface area contributed by atoms with Crippen molar-refractivity contribution in [3.8, 4) is 0 Å². The van der Waals surface area contributed by atoms with Gasteiger partial charge in [0.2, 0.25) is 0 Å². The number of benzene rings is 8. The van der Waals surface area contributed by atoms with Gasteiger partial charge in [-0.2, -0.15) is 0 Å². The highest BCUT2D eigenvalue weighted by atomic mass is 14.2. The van der Waals surface area contributed by atoms with Crippen LogP contribution in [0.25, 0.3) is 75.4 Å². The molecule has 0 radical (unpaired) electrons. The number of hydrogen-bond donors (Lipinski definition) is 0. The molecule has 0 heteroatoms. The SMILES string of the molecule is c1ccc2cc3c(cc2c1)cc1c2cccc4ccc5ccc6ccc3c1c6c5c42. The molecule has 0 aliphatic carbocycles. The van der Waals surface area contributed by atoms with Gasteiger partial charge in [-0.25, -0.2) is 0 Å². The number of hydrogen-bond acceptors (Lipinski definition) is 0. The molecule has 8 aromatic carbocycles. The van der Waals surface area contributed by atoms with Crippen LogP contribution in [0.2, 0.25) is 0 Å². The molecule has 30 heavy (non-hydrogen) atoms. The molecule has 0 aliphatic heterocycles. The van der Waals surface area contributed by atoms with Crippen molar-refractivity contribution in [3.63, 3.8) is 0 Å². The predicted molar refractivity (Wildman–Crippen MR) is 131 cm³/mol. The first-order valence-electron chi connectivity index (χ1n) is 10.5. The summed E-state index contributed by atoms with van der Waals surface area (Å²) in [6.45, 7) is 0. The number of rotatable bonds is 0. The Bertz CT molecular complexity index is 1930. The average molecular weight is 376 g/mol. The molecule has 8 aromatic rings. The van der Waals surface area contributed by atoms with E-state index >= 15 is 0 Å². The van der Waals surface area contributed by atoms with E-state index in [1.807, 2.05) is 0 Å². The summed E-state index contributed by atoms with van der Waals surface area (Å²) in [5.74, 6) is 0. The van der Waals surface area contributed by atoms with Gasteiger partial charge in [0.1, 0.15) is 0 Å². The van der Waals surface area contributed by atoms with Gasteiger partial charge in [-0.15, -0.1) is 0 Å². The van der Waals surface area contributed by atoms with E-state index < -0.39 is 0 Å². The molecule has 0 saturated carbocycles. The third kappa shape index (κ3) is 1.66. The van der Waals surface area contributed by atoms with Crippen LogP contribution in [0.1, 0.15) is 0 Å². The third-order valence-electron chi connectivity index (χ3n) is 7.08. The molecule has 0 aromatic heterocycles. The Balaban J connectivity index is 1.79. The Hall–Kier alpha value is -3.90. The maximum Gasteiger partial charge on any atom is -0.00137 e. The van der Waals surface area contributed by atoms with Gasteiger partial charge in [0.15, 0.2) is 0 Å². The molecular weight excluding hydrogens is 360 g/mol. The fourth-order valence-electron chi connectivity index (χ4n) is 5.79. The fourth-order valence-corrected chi connectivity index (χ4v) is 5.79. The highest BCUT2D eigenvalue weighted by Crippen LogP contribution is 2.46. The smallest absolute Gasteiger partial charge is 0.00137 e. The third-order valence-corrected chi connectivity index (χ3v) is 7.08. The Morgan fingerprint density at radius 1 is 0.267 bits per heavy atom. The first kappa shape index (κ1) is 15.0. The lowest BCUT2D eigenvalue weighted by Gasteiger charge is -2.19. The molecular formula is C30H16. The minimum atomic E-state index is 1.30. The van der Waals surface area contributed by atoms with Crippen molar-refractivity contribution in [2.75, 3.05) is 0 Å². The number of fused-ring (bicyclic) bond motifs is 4. The summed E-state index contributed by atoms with van der Waals surface area (Å²) in [5.41, 5.74) is 0. The van der Waals surface area contributed by atoms with E-state index in [0.29, 0.717) is 0 Å². The summed E-state index contributed by atoms with van der Waals surface area (Å²) in [6.07, 6.45) is 0. The summed E-state index contributed by atoms with van der Waals surface area (Å²) in [5, 5.41) is 19.0. The molecule has 8 rings (SSSR count). The summed E-state index contributed by atoms with van der Waals surface area (Å²) in [6, 6.07) is 36.3. The maximum absolute atomic E-state index is 2.42. The lowest BCUT2D eigenvalue weighted by molar-refractivity contribution is 1.79. The van der Waals surface area contributed by atoms with Crippen molar-refractivity contribution in [3.05, 3.63) is 97.1 Å². The lowest BCUT2D eigenvalue weighted by atomic mass is 9.84. The van der Waals surface area contributed by atoms with Crippen LogP contribution >= 0.6 is 0 Å². The van der Waals surface area contributed by atoms with E-state index in [2.05, 4.69) is 97.1 Å². The molecule has 136 valence electrons. The fraction of sp³-hybridized carbons (Fsp3) is 0. The molecule has 0 heterocycles. The summed E-state index contributed by atoms with van der Waals surface area (Å²) >= 11 is 0. The van der Waals surface area contributed by atoms with Crippen LogP contribution in [0, 0.1) is 0 Å². The van der Waals surface area contributed by atoms with Crippen LogP contribution < -0.4 is 0 Å². The van der Waals surface area contributed by atoms with E-state index in [4.69, 9.17) is 0 Å². The van der Waals surface area contributed by atoms with Gasteiger partial charge in [0.05, 0.1) is 0 Å². The van der Waals surface area contributed by atoms with Crippen molar-refractivity contribution in [1.29, 1.82) is 0 Å². The van der Waals surface area contributed by atoms with Gasteiger partial charge >= 0.3 is 0 Å². The van der Waals surface area contributed by atoms with Crippen LogP contribution in [0.3, 0.4) is 0 Å². The topological polar surface area (TPSA) is 0 Å². The van der Waals surface area contributed by atoms with Gasteiger partial charge in [0.25, 0.3) is 0 Å². The van der Waals surface area contributed by atoms with Gasteiger partial charge < -0.3 is 0 Å². The molecule has 0 atom stereocenters. The summed E-state index contributed by atoms with van der Waals surface area (Å²) in [4.78, 5) is 0. The second-order valence-electron chi connectivity index (χ2n) is 8.56. The van der Waals surface area contributed by atoms with Crippen LogP contribution in [0.15, 0.2) is 97.1 Å². The van der Waals surface area contributed by atoms with E-state index in [9.17, 15) is 0 Å². The van der Waals surface area contributed by atoms with Crippen molar-refractivity contribution in [2.45, 2.75) is 0 Å². The van der Waals surface area contributed by atoms with E-state index in [1.165, 1.54) is 75.4 Å². The van der Waals surface area contributed by atoms with E-state index in [-0.39, 0.29) is 0 Å². The molecule has 0 spiro atoms. The lowest BCUT2D eigenvalue weighted by Crippen LogP contribution is -1.91. The van der Waals surface area contributed by atoms with Crippen LogP contribution in [0.4, 0.5) is 0 Å². The zero-order chi connectivity index (χ0) is 19.4. The van der Waals surface area contributed by atoms with Gasteiger partial charge in [0, 0.05) is 0 Å². The van der Waals surface area contributed by atoms with Crippen molar-refractivity contribution in [1.82, 2.24) is 0 Å². The predicted octanol–water partition coefficient (Wildman–Crippen LogP) is 8.63. The second-order valence-corrected chi connectivity index (χ2v) is 8.56. The molecule has 0 aliphatic rings. The highest BCUT2D eigenvalue weighted by molar-refractivity contribution is 6.42. The van der Waals surface area contributed by atoms with Crippen LogP contribution in [-0.2, 0) is 0 Å². The van der Waals surface area contributed by atoms with E-state index in [1.54, 1.807) is 0 Å². The summed E-state index contributed by atoms with van der Waals surface area (Å²) in [7, 11) is 0. The summed E-state index contributed by atoms with van der Waals surface area (Å²) < 4.78 is 0. The van der Waals surface area contributed by atoms with Gasteiger partial charge in [-0.1, -0.05) is 78.9 Å². The Morgan fingerprint density at radius 3 is 1.63 bits per heavy atom. The second kappa shape index (κ2) is 4.98. The monoisotopic (exact) mass is 376 g/mol. The normalized spacial score (nSPS) is 12.7. The first-order chi connectivity index (χ1) is 14.9. The van der Waals surface area contributed by atoms with E-state index in [0.717, 1.165) is 0 Å². The zero-order valence-electron chi connectivity index (χ0n) is 16.2. The standard InChI is InChI=1S/C30H16/c1-2-5-21-15-25-22(14-20(21)4-1)16-26-23-7-3-6-17-8-9-18-10-11-19-12-13-24(25)30(26)29(19)28(18)27(17)23/h1-16H. The molecule has 0 saturated heterocycles. The Labute approximate surface area is 172 Å². The molecule has 0 bridgehead atoms. The van der Waals surface area contributed by atoms with Crippen LogP contribution in [0.5, 0.6) is 0 Å². The van der Waals surface area contributed by atoms with Crippen molar-refractivity contribution in [2.24, 2.45) is 0 Å². The molecule has 0 fully saturated rings. The van der Waals surface area contributed by atoms with Crippen molar-refractivity contribution >= 4 is 75.4 Å². The Morgan fingerprint density at radius 2 is 0.833 bits per heavy atom. The van der Waals surface area contributed by atoms with Crippen LogP contribution in [-0.4, -0.2) is 0 Å². The average Bonchev–Trinajstić information content (AvgIpc) is 2.80. The molecule has 0 nitrogen and oxygen atoms in total. The minimum Gasteiger partial charge on any atom is -0.0616 e. The highest BCUT2D eigenvalue weighted by Gasteiger charge is 2.18. The zero-order valence-corrected chi connectivity index (χ0v) is 16.2. The first-order valence-corrected chi connectivity index (χ1v) is 10.5. The molecule has 0 amide bonds. The molecule has 0 unspecified atom stereocenters. The van der Waals surface area contributed by atoms with Gasteiger partial charge in [-0.05, 0) is 93.6 Å². The minimum absolute atomic E-state index is 1.30. The Kier molecular flexibility index (Phi) is 2.49. The quantitative estimate of drug-likeness (QED) is 0.183. The molecule has 0 N–H and O–H groups in total. The maximum atomic E-state index is 2.42.